The Balaban J connectivity index is 2.29. The van der Waals surface area contributed by atoms with Gasteiger partial charge in [-0.25, -0.2) is 0 Å². The molecule has 0 aliphatic heterocycles. The molecule has 1 aromatic heterocycles. The first kappa shape index (κ1) is 12.3. The number of carbonyl (C=O) groups excluding carboxylic acids is 1. The summed E-state index contributed by atoms with van der Waals surface area (Å²) in [6.45, 7) is 3.96. The van der Waals surface area contributed by atoms with Crippen molar-refractivity contribution in [3.05, 3.63) is 48.3 Å². The standard InChI is InChI=1S/C15H15NO2/c1-11(2)18-15-7-14(8-16-9-15)13-5-3-12(10-17)4-6-13/h3-11H,1-2H3. The number of nitrogens with zero attached hydrogens (tertiary/aromatic N) is 1. The lowest BCUT2D eigenvalue weighted by atomic mass is 10.1. The first-order chi connectivity index (χ1) is 8.69. The summed E-state index contributed by atoms with van der Waals surface area (Å²) < 4.78 is 5.60. The summed E-state index contributed by atoms with van der Waals surface area (Å²) in [5, 5.41) is 0. The number of rotatable bonds is 4. The lowest BCUT2D eigenvalue weighted by Gasteiger charge is -2.10. The van der Waals surface area contributed by atoms with Crippen LogP contribution >= 0.6 is 0 Å². The lowest BCUT2D eigenvalue weighted by Crippen LogP contribution is -2.05. The molecule has 1 aromatic carbocycles. The highest BCUT2D eigenvalue weighted by molar-refractivity contribution is 5.76. The van der Waals surface area contributed by atoms with Crippen LogP contribution in [0.25, 0.3) is 11.1 Å². The van der Waals surface area contributed by atoms with Crippen LogP contribution in [-0.4, -0.2) is 17.4 Å². The van der Waals surface area contributed by atoms with E-state index in [9.17, 15) is 4.79 Å². The van der Waals surface area contributed by atoms with Gasteiger partial charge in [0.25, 0.3) is 0 Å². The summed E-state index contributed by atoms with van der Waals surface area (Å²) in [5.41, 5.74) is 2.66. The van der Waals surface area contributed by atoms with Crippen molar-refractivity contribution in [2.45, 2.75) is 20.0 Å². The number of aldehydes is 1. The number of pyridine rings is 1. The molecule has 2 aromatic rings. The van der Waals surface area contributed by atoms with Crippen LogP contribution in [0.15, 0.2) is 42.7 Å². The van der Waals surface area contributed by atoms with Crippen LogP contribution in [0.2, 0.25) is 0 Å². The van der Waals surface area contributed by atoms with Gasteiger partial charge in [0.15, 0.2) is 0 Å². The van der Waals surface area contributed by atoms with Crippen molar-refractivity contribution in [2.24, 2.45) is 0 Å². The van der Waals surface area contributed by atoms with Crippen molar-refractivity contribution in [3.63, 3.8) is 0 Å². The van der Waals surface area contributed by atoms with Crippen molar-refractivity contribution in [2.75, 3.05) is 0 Å². The Morgan fingerprint density at radius 1 is 1.11 bits per heavy atom. The van der Waals surface area contributed by atoms with E-state index in [0.29, 0.717) is 5.56 Å². The third kappa shape index (κ3) is 2.94. The first-order valence-corrected chi connectivity index (χ1v) is 5.86. The van der Waals surface area contributed by atoms with Gasteiger partial charge in [-0.15, -0.1) is 0 Å². The maximum Gasteiger partial charge on any atom is 0.150 e. The second-order valence-corrected chi connectivity index (χ2v) is 4.32. The fraction of sp³-hybridized carbons (Fsp3) is 0.200. The summed E-state index contributed by atoms with van der Waals surface area (Å²) in [7, 11) is 0. The molecule has 0 radical (unpaired) electrons. The molecule has 2 rings (SSSR count). The Morgan fingerprint density at radius 2 is 1.83 bits per heavy atom. The largest absolute Gasteiger partial charge is 0.489 e. The topological polar surface area (TPSA) is 39.2 Å². The number of aromatic nitrogens is 1. The first-order valence-electron chi connectivity index (χ1n) is 5.86. The van der Waals surface area contributed by atoms with Crippen LogP contribution in [0.1, 0.15) is 24.2 Å². The lowest BCUT2D eigenvalue weighted by molar-refractivity contribution is 0.112. The summed E-state index contributed by atoms with van der Waals surface area (Å²) >= 11 is 0. The third-order valence-corrected chi connectivity index (χ3v) is 2.47. The second-order valence-electron chi connectivity index (χ2n) is 4.32. The van der Waals surface area contributed by atoms with Crippen molar-refractivity contribution in [1.82, 2.24) is 4.98 Å². The molecule has 3 heteroatoms. The van der Waals surface area contributed by atoms with Crippen molar-refractivity contribution >= 4 is 6.29 Å². The molecule has 3 nitrogen and oxygen atoms in total. The minimum Gasteiger partial charge on any atom is -0.489 e. The van der Waals surface area contributed by atoms with Gasteiger partial charge in [-0.2, -0.15) is 0 Å². The van der Waals surface area contributed by atoms with Crippen LogP contribution in [0, 0.1) is 0 Å². The highest BCUT2D eigenvalue weighted by Crippen LogP contribution is 2.23. The fourth-order valence-electron chi connectivity index (χ4n) is 1.67. The zero-order valence-corrected chi connectivity index (χ0v) is 10.5. The predicted molar refractivity (Wildman–Crippen MR) is 70.8 cm³/mol. The Bertz CT molecular complexity index is 532. The molecular weight excluding hydrogens is 226 g/mol. The molecule has 0 aliphatic carbocycles. The van der Waals surface area contributed by atoms with Crippen LogP contribution in [0.4, 0.5) is 0 Å². The third-order valence-electron chi connectivity index (χ3n) is 2.47. The Labute approximate surface area is 106 Å². The molecule has 0 bridgehead atoms. The summed E-state index contributed by atoms with van der Waals surface area (Å²) in [6, 6.07) is 9.33. The molecule has 0 saturated carbocycles. The quantitative estimate of drug-likeness (QED) is 0.770. The van der Waals surface area contributed by atoms with Crippen LogP contribution < -0.4 is 4.74 Å². The Kier molecular flexibility index (Phi) is 3.72. The van der Waals surface area contributed by atoms with Crippen LogP contribution in [-0.2, 0) is 0 Å². The van der Waals surface area contributed by atoms with Gasteiger partial charge in [-0.05, 0) is 25.5 Å². The fourth-order valence-corrected chi connectivity index (χ4v) is 1.67. The van der Waals surface area contributed by atoms with E-state index in [0.717, 1.165) is 23.2 Å². The van der Waals surface area contributed by atoms with Crippen molar-refractivity contribution < 1.29 is 9.53 Å². The molecule has 92 valence electrons. The van der Waals surface area contributed by atoms with Gasteiger partial charge in [0, 0.05) is 17.3 Å². The maximum atomic E-state index is 10.6. The van der Waals surface area contributed by atoms with Crippen LogP contribution in [0.5, 0.6) is 5.75 Å². The highest BCUT2D eigenvalue weighted by atomic mass is 16.5. The molecule has 18 heavy (non-hydrogen) atoms. The van der Waals surface area contributed by atoms with E-state index in [1.807, 2.05) is 32.0 Å². The number of benzene rings is 1. The summed E-state index contributed by atoms with van der Waals surface area (Å²) in [5.74, 6) is 0.752. The minimum atomic E-state index is 0.125. The van der Waals surface area contributed by atoms with Crippen LogP contribution in [0.3, 0.4) is 0 Å². The molecule has 0 amide bonds. The molecule has 1 heterocycles. The zero-order valence-electron chi connectivity index (χ0n) is 10.5. The van der Waals surface area contributed by atoms with Gasteiger partial charge in [0.2, 0.25) is 0 Å². The van der Waals surface area contributed by atoms with Crippen molar-refractivity contribution in [1.29, 1.82) is 0 Å². The van der Waals surface area contributed by atoms with Gasteiger partial charge in [0.05, 0.1) is 12.3 Å². The average Bonchev–Trinajstić information content (AvgIpc) is 2.38. The van der Waals surface area contributed by atoms with E-state index in [2.05, 4.69) is 4.98 Å². The van der Waals surface area contributed by atoms with E-state index in [1.165, 1.54) is 0 Å². The van der Waals surface area contributed by atoms with Gasteiger partial charge in [-0.1, -0.05) is 24.3 Å². The summed E-state index contributed by atoms with van der Waals surface area (Å²) in [6.07, 6.45) is 4.44. The van der Waals surface area contributed by atoms with E-state index in [-0.39, 0.29) is 6.10 Å². The zero-order chi connectivity index (χ0) is 13.0. The van der Waals surface area contributed by atoms with Gasteiger partial charge < -0.3 is 4.74 Å². The van der Waals surface area contributed by atoms with E-state index in [1.54, 1.807) is 24.5 Å². The normalized spacial score (nSPS) is 10.4. The Hall–Kier alpha value is -2.16. The van der Waals surface area contributed by atoms with Crippen molar-refractivity contribution in [3.8, 4) is 16.9 Å². The van der Waals surface area contributed by atoms with E-state index >= 15 is 0 Å². The maximum absolute atomic E-state index is 10.6. The molecule has 0 saturated heterocycles. The summed E-state index contributed by atoms with van der Waals surface area (Å²) in [4.78, 5) is 14.8. The smallest absolute Gasteiger partial charge is 0.150 e. The average molecular weight is 241 g/mol. The monoisotopic (exact) mass is 241 g/mol. The SMILES string of the molecule is CC(C)Oc1cncc(-c2ccc(C=O)cc2)c1. The molecule has 0 N–H and O–H groups in total. The molecular formula is C15H15NO2. The number of ether oxygens (including phenoxy) is 1. The highest BCUT2D eigenvalue weighted by Gasteiger charge is 2.02. The molecule has 0 aliphatic rings. The number of carbonyl (C=O) groups is 1. The van der Waals surface area contributed by atoms with E-state index in [4.69, 9.17) is 4.74 Å². The van der Waals surface area contributed by atoms with Gasteiger partial charge >= 0.3 is 0 Å². The van der Waals surface area contributed by atoms with E-state index < -0.39 is 0 Å². The molecule has 0 spiro atoms. The number of hydrogen-bond acceptors (Lipinski definition) is 3. The minimum absolute atomic E-state index is 0.125. The molecule has 0 fully saturated rings. The van der Waals surface area contributed by atoms with Gasteiger partial charge in [-0.3, -0.25) is 9.78 Å². The predicted octanol–water partition coefficient (Wildman–Crippen LogP) is 3.35. The molecule has 0 unspecified atom stereocenters. The Morgan fingerprint density at radius 3 is 2.44 bits per heavy atom. The second kappa shape index (κ2) is 5.45. The number of hydrogen-bond donors (Lipinski definition) is 0. The van der Waals surface area contributed by atoms with Gasteiger partial charge in [0.1, 0.15) is 12.0 Å². The molecule has 0 atom stereocenters.